The van der Waals surface area contributed by atoms with Crippen molar-refractivity contribution >= 4 is 11.9 Å². The van der Waals surface area contributed by atoms with Crippen LogP contribution in [-0.2, 0) is 4.79 Å². The summed E-state index contributed by atoms with van der Waals surface area (Å²) in [5, 5.41) is 21.7. The number of tetrazole rings is 1. The van der Waals surface area contributed by atoms with Crippen molar-refractivity contribution in [3.05, 3.63) is 30.3 Å². The number of para-hydroxylation sites is 1. The van der Waals surface area contributed by atoms with Crippen LogP contribution in [0.5, 0.6) is 0 Å². The van der Waals surface area contributed by atoms with Gasteiger partial charge >= 0.3 is 5.97 Å². The van der Waals surface area contributed by atoms with E-state index in [9.17, 15) is 9.90 Å². The highest BCUT2D eigenvalue weighted by Gasteiger charge is 2.55. The maximum absolute atomic E-state index is 11.8. The monoisotopic (exact) mass is 299 g/mol. The molecule has 1 aliphatic heterocycles. The summed E-state index contributed by atoms with van der Waals surface area (Å²) in [4.78, 5) is 13.8. The summed E-state index contributed by atoms with van der Waals surface area (Å²) >= 11 is 0. The number of rotatable bonds is 3. The number of aromatic nitrogens is 4. The largest absolute Gasteiger partial charge is 0.481 e. The van der Waals surface area contributed by atoms with E-state index in [0.29, 0.717) is 19.0 Å². The molecule has 7 nitrogen and oxygen atoms in total. The van der Waals surface area contributed by atoms with E-state index in [1.807, 2.05) is 35.2 Å². The number of benzene rings is 1. The molecule has 1 saturated heterocycles. The molecule has 0 radical (unpaired) electrons. The number of carboxylic acid groups (broad SMARTS) is 1. The Morgan fingerprint density at radius 1 is 1.32 bits per heavy atom. The van der Waals surface area contributed by atoms with Gasteiger partial charge in [-0.05, 0) is 41.3 Å². The lowest BCUT2D eigenvalue weighted by Gasteiger charge is -2.23. The molecule has 1 N–H and O–H groups in total. The number of anilines is 1. The molecule has 1 aromatic carbocycles. The number of carboxylic acids is 1. The lowest BCUT2D eigenvalue weighted by atomic mass is 9.81. The average Bonchev–Trinajstić information content (AvgIpc) is 3.21. The minimum absolute atomic E-state index is 0.186. The molecule has 2 fully saturated rings. The molecule has 0 bridgehead atoms. The number of hydrogen-bond acceptors (Lipinski definition) is 5. The van der Waals surface area contributed by atoms with Crippen molar-refractivity contribution < 1.29 is 9.90 Å². The van der Waals surface area contributed by atoms with Crippen molar-refractivity contribution in [1.82, 2.24) is 20.2 Å². The Bertz CT molecular complexity index is 701. The van der Waals surface area contributed by atoms with Crippen molar-refractivity contribution in [2.24, 2.45) is 11.3 Å². The molecule has 1 aliphatic carbocycles. The van der Waals surface area contributed by atoms with Gasteiger partial charge in [-0.2, -0.15) is 4.68 Å². The fourth-order valence-corrected chi connectivity index (χ4v) is 3.91. The molecular formula is C15H17N5O2. The Morgan fingerprint density at radius 3 is 2.86 bits per heavy atom. The van der Waals surface area contributed by atoms with E-state index in [2.05, 4.69) is 15.5 Å². The van der Waals surface area contributed by atoms with Gasteiger partial charge in [0.15, 0.2) is 0 Å². The predicted molar refractivity (Wildman–Crippen MR) is 78.8 cm³/mol. The fraction of sp³-hybridized carbons (Fsp3) is 0.467. The second kappa shape index (κ2) is 4.79. The average molecular weight is 299 g/mol. The highest BCUT2D eigenvalue weighted by atomic mass is 16.4. The standard InChI is InChI=1S/C15H17N5O2/c21-13(22)15-8-4-5-11(15)9-19(10-15)14-16-17-18-20(14)12-6-2-1-3-7-12/h1-3,6-7,11H,4-5,8-10H2,(H,21,22)/t11-,15+/m0/s1. The highest BCUT2D eigenvalue weighted by molar-refractivity contribution is 5.77. The minimum Gasteiger partial charge on any atom is -0.481 e. The first-order chi connectivity index (χ1) is 10.7. The molecular weight excluding hydrogens is 282 g/mol. The molecule has 0 spiro atoms. The molecule has 2 aliphatic rings. The quantitative estimate of drug-likeness (QED) is 0.921. The lowest BCUT2D eigenvalue weighted by molar-refractivity contribution is -0.149. The third kappa shape index (κ3) is 1.81. The van der Waals surface area contributed by atoms with Gasteiger partial charge in [0.25, 0.3) is 0 Å². The van der Waals surface area contributed by atoms with Crippen molar-refractivity contribution in [2.45, 2.75) is 19.3 Å². The van der Waals surface area contributed by atoms with Crippen LogP contribution in [0, 0.1) is 11.3 Å². The number of carbonyl (C=O) groups is 1. The first kappa shape index (κ1) is 13.2. The molecule has 4 rings (SSSR count). The van der Waals surface area contributed by atoms with Crippen molar-refractivity contribution in [2.75, 3.05) is 18.0 Å². The molecule has 114 valence electrons. The molecule has 7 heteroatoms. The van der Waals surface area contributed by atoms with Gasteiger partial charge in [-0.15, -0.1) is 0 Å². The molecule has 1 aromatic heterocycles. The lowest BCUT2D eigenvalue weighted by Crippen LogP contribution is -2.36. The van der Waals surface area contributed by atoms with E-state index in [4.69, 9.17) is 0 Å². The first-order valence-corrected chi connectivity index (χ1v) is 7.53. The second-order valence-electron chi connectivity index (χ2n) is 6.16. The van der Waals surface area contributed by atoms with Gasteiger partial charge < -0.3 is 10.0 Å². The highest BCUT2D eigenvalue weighted by Crippen LogP contribution is 2.49. The Kier molecular flexibility index (Phi) is 2.88. The van der Waals surface area contributed by atoms with Crippen LogP contribution in [0.1, 0.15) is 19.3 Å². The van der Waals surface area contributed by atoms with Gasteiger partial charge in [0, 0.05) is 13.1 Å². The van der Waals surface area contributed by atoms with Crippen LogP contribution in [0.25, 0.3) is 5.69 Å². The Hall–Kier alpha value is -2.44. The fourth-order valence-electron chi connectivity index (χ4n) is 3.91. The van der Waals surface area contributed by atoms with Crippen molar-refractivity contribution in [1.29, 1.82) is 0 Å². The first-order valence-electron chi connectivity index (χ1n) is 7.53. The van der Waals surface area contributed by atoms with E-state index >= 15 is 0 Å². The van der Waals surface area contributed by atoms with Gasteiger partial charge in [-0.3, -0.25) is 4.79 Å². The summed E-state index contributed by atoms with van der Waals surface area (Å²) in [6, 6.07) is 9.66. The summed E-state index contributed by atoms with van der Waals surface area (Å²) in [6.45, 7) is 1.19. The van der Waals surface area contributed by atoms with E-state index in [0.717, 1.165) is 24.9 Å². The number of hydrogen-bond donors (Lipinski definition) is 1. The van der Waals surface area contributed by atoms with Gasteiger partial charge in [0.05, 0.1) is 11.1 Å². The molecule has 2 atom stereocenters. The molecule has 2 aromatic rings. The van der Waals surface area contributed by atoms with Crippen LogP contribution >= 0.6 is 0 Å². The number of aliphatic carboxylic acids is 1. The van der Waals surface area contributed by atoms with Crippen LogP contribution in [0.4, 0.5) is 5.95 Å². The van der Waals surface area contributed by atoms with Gasteiger partial charge in [-0.25, -0.2) is 0 Å². The zero-order valence-corrected chi connectivity index (χ0v) is 12.1. The smallest absolute Gasteiger partial charge is 0.311 e. The van der Waals surface area contributed by atoms with Gasteiger partial charge in [0.2, 0.25) is 5.95 Å². The molecule has 0 amide bonds. The van der Waals surface area contributed by atoms with Crippen LogP contribution in [0.2, 0.25) is 0 Å². The van der Waals surface area contributed by atoms with Gasteiger partial charge in [-0.1, -0.05) is 29.7 Å². The molecule has 22 heavy (non-hydrogen) atoms. The third-order valence-corrected chi connectivity index (χ3v) is 5.03. The Balaban J connectivity index is 1.68. The summed E-state index contributed by atoms with van der Waals surface area (Å²) in [5.74, 6) is 0.128. The maximum Gasteiger partial charge on any atom is 0.311 e. The summed E-state index contributed by atoms with van der Waals surface area (Å²) in [6.07, 6.45) is 2.71. The van der Waals surface area contributed by atoms with Crippen molar-refractivity contribution in [3.8, 4) is 5.69 Å². The molecule has 1 saturated carbocycles. The molecule has 0 unspecified atom stereocenters. The molecule has 2 heterocycles. The topological polar surface area (TPSA) is 84.1 Å². The van der Waals surface area contributed by atoms with E-state index in [1.165, 1.54) is 0 Å². The van der Waals surface area contributed by atoms with Crippen LogP contribution in [-0.4, -0.2) is 44.4 Å². The second-order valence-corrected chi connectivity index (χ2v) is 6.16. The van der Waals surface area contributed by atoms with Crippen molar-refractivity contribution in [3.63, 3.8) is 0 Å². The third-order valence-electron chi connectivity index (χ3n) is 5.03. The summed E-state index contributed by atoms with van der Waals surface area (Å²) in [5.41, 5.74) is 0.247. The summed E-state index contributed by atoms with van der Waals surface area (Å²) < 4.78 is 1.68. The van der Waals surface area contributed by atoms with Crippen LogP contribution in [0.3, 0.4) is 0 Å². The predicted octanol–water partition coefficient (Wildman–Crippen LogP) is 1.35. The normalized spacial score (nSPS) is 27.1. The summed E-state index contributed by atoms with van der Waals surface area (Å²) in [7, 11) is 0. The van der Waals surface area contributed by atoms with Crippen LogP contribution in [0.15, 0.2) is 30.3 Å². The SMILES string of the molecule is O=C(O)[C@@]12CCC[C@H]1CN(c1nnnn1-c1ccccc1)C2. The van der Waals surface area contributed by atoms with E-state index < -0.39 is 11.4 Å². The number of nitrogens with zero attached hydrogens (tertiary/aromatic N) is 5. The van der Waals surface area contributed by atoms with Gasteiger partial charge in [0.1, 0.15) is 0 Å². The zero-order chi connectivity index (χ0) is 15.2. The van der Waals surface area contributed by atoms with Crippen LogP contribution < -0.4 is 4.90 Å². The minimum atomic E-state index is -0.684. The van der Waals surface area contributed by atoms with E-state index in [1.54, 1.807) is 4.68 Å². The Labute approximate surface area is 127 Å². The number of fused-ring (bicyclic) bond motifs is 1. The Morgan fingerprint density at radius 2 is 2.14 bits per heavy atom. The maximum atomic E-state index is 11.8. The zero-order valence-electron chi connectivity index (χ0n) is 12.1. The van der Waals surface area contributed by atoms with E-state index in [-0.39, 0.29) is 5.92 Å².